The van der Waals surface area contributed by atoms with Crippen LogP contribution in [0.25, 0.3) is 0 Å². The lowest BCUT2D eigenvalue weighted by Crippen LogP contribution is -2.29. The third-order valence-electron chi connectivity index (χ3n) is 4.02. The summed E-state index contributed by atoms with van der Waals surface area (Å²) in [6.07, 6.45) is 13.5. The van der Waals surface area contributed by atoms with E-state index in [1.54, 1.807) is 6.08 Å². The van der Waals surface area contributed by atoms with Gasteiger partial charge in [0.05, 0.1) is 0 Å². The summed E-state index contributed by atoms with van der Waals surface area (Å²) in [5.74, 6) is 0.423. The third kappa shape index (κ3) is 4.94. The minimum atomic E-state index is -1.15. The molecule has 0 amide bonds. The van der Waals surface area contributed by atoms with Gasteiger partial charge in [-0.05, 0) is 43.4 Å². The van der Waals surface area contributed by atoms with Gasteiger partial charge in [0, 0.05) is 0 Å². The van der Waals surface area contributed by atoms with Gasteiger partial charge >= 0.3 is 0 Å². The van der Waals surface area contributed by atoms with Crippen LogP contribution in [-0.4, -0.2) is 5.11 Å². The second kappa shape index (κ2) is 9.24. The fraction of sp³-hybridized carbons (Fsp3) is 0.304. The van der Waals surface area contributed by atoms with Crippen molar-refractivity contribution in [2.24, 2.45) is 5.92 Å². The summed E-state index contributed by atoms with van der Waals surface area (Å²) in [6, 6.07) is 8.06. The van der Waals surface area contributed by atoms with Gasteiger partial charge in [-0.25, -0.2) is 0 Å². The Hall–Kier alpha value is -2.12. The first-order chi connectivity index (χ1) is 11.4. The maximum atomic E-state index is 11.7. The molecule has 0 radical (unpaired) electrons. The summed E-state index contributed by atoms with van der Waals surface area (Å²) in [6.45, 7) is 13.9. The summed E-state index contributed by atoms with van der Waals surface area (Å²) < 4.78 is 0. The molecular weight excluding hydrogens is 292 g/mol. The average molecular weight is 322 g/mol. The summed E-state index contributed by atoms with van der Waals surface area (Å²) in [5, 5.41) is 11.7. The average Bonchev–Trinajstić information content (AvgIpc) is 2.55. The van der Waals surface area contributed by atoms with Crippen LogP contribution in [0, 0.1) is 12.8 Å². The highest BCUT2D eigenvalue weighted by molar-refractivity contribution is 5.48. The van der Waals surface area contributed by atoms with Gasteiger partial charge in [-0.2, -0.15) is 0 Å². The Morgan fingerprint density at radius 2 is 1.79 bits per heavy atom. The number of rotatable bonds is 7. The van der Waals surface area contributed by atoms with Gasteiger partial charge in [-0.3, -0.25) is 0 Å². The second-order valence-electron chi connectivity index (χ2n) is 6.39. The van der Waals surface area contributed by atoms with E-state index in [1.807, 2.05) is 75.4 Å². The van der Waals surface area contributed by atoms with Gasteiger partial charge in [0.1, 0.15) is 5.60 Å². The maximum absolute atomic E-state index is 11.7. The Bertz CT molecular complexity index is 654. The Balaban J connectivity index is 3.50. The summed E-state index contributed by atoms with van der Waals surface area (Å²) >= 11 is 0. The maximum Gasteiger partial charge on any atom is 0.136 e. The Kier molecular flexibility index (Phi) is 7.67. The molecule has 0 aliphatic carbocycles. The standard InChI is InChI=1S/C23H30O/c1-7-9-10-11-20(6)23(24,21(8-2)15-12-18(3)4)22-16-13-19(5)14-17-22/h7-18,24H,1H2,2-6H3/b10-9-,15-12-,20-11+,21-8+. The fourth-order valence-electron chi connectivity index (χ4n) is 2.54. The van der Waals surface area contributed by atoms with Crippen molar-refractivity contribution < 1.29 is 5.11 Å². The van der Waals surface area contributed by atoms with Crippen molar-refractivity contribution >= 4 is 0 Å². The van der Waals surface area contributed by atoms with Crippen LogP contribution >= 0.6 is 0 Å². The van der Waals surface area contributed by atoms with E-state index in [-0.39, 0.29) is 0 Å². The molecule has 1 rings (SSSR count). The smallest absolute Gasteiger partial charge is 0.136 e. The molecule has 0 saturated carbocycles. The number of aliphatic hydroxyl groups is 1. The number of benzene rings is 1. The predicted octanol–water partition coefficient (Wildman–Crippen LogP) is 6.03. The number of hydrogen-bond acceptors (Lipinski definition) is 1. The molecule has 0 spiro atoms. The van der Waals surface area contributed by atoms with E-state index in [1.165, 1.54) is 5.56 Å². The SMILES string of the molecule is C=C/C=C\C=C(/C)C(O)(C(/C=C\C(C)C)=C/C)c1ccc(C)cc1. The molecule has 0 fully saturated rings. The van der Waals surface area contributed by atoms with Crippen LogP contribution in [0.15, 0.2) is 84.5 Å². The highest BCUT2D eigenvalue weighted by Gasteiger charge is 2.33. The Morgan fingerprint density at radius 1 is 1.17 bits per heavy atom. The van der Waals surface area contributed by atoms with Crippen LogP contribution in [0.2, 0.25) is 0 Å². The minimum absolute atomic E-state index is 0.423. The molecule has 128 valence electrons. The molecule has 0 heterocycles. The van der Waals surface area contributed by atoms with Gasteiger partial charge in [-0.1, -0.05) is 92.8 Å². The molecule has 0 aliphatic heterocycles. The highest BCUT2D eigenvalue weighted by atomic mass is 16.3. The van der Waals surface area contributed by atoms with E-state index in [9.17, 15) is 5.11 Å². The van der Waals surface area contributed by atoms with Gasteiger partial charge in [0.25, 0.3) is 0 Å². The van der Waals surface area contributed by atoms with Crippen LogP contribution in [-0.2, 0) is 5.60 Å². The highest BCUT2D eigenvalue weighted by Crippen LogP contribution is 2.37. The number of aryl methyl sites for hydroxylation is 1. The van der Waals surface area contributed by atoms with Crippen LogP contribution in [0.5, 0.6) is 0 Å². The first kappa shape index (κ1) is 19.9. The van der Waals surface area contributed by atoms with Gasteiger partial charge in [0.2, 0.25) is 0 Å². The second-order valence-corrected chi connectivity index (χ2v) is 6.39. The van der Waals surface area contributed by atoms with E-state index in [4.69, 9.17) is 0 Å². The zero-order valence-corrected chi connectivity index (χ0v) is 15.6. The zero-order valence-electron chi connectivity index (χ0n) is 15.6. The number of allylic oxidation sites excluding steroid dienone is 6. The van der Waals surface area contributed by atoms with E-state index in [2.05, 4.69) is 26.5 Å². The largest absolute Gasteiger partial charge is 0.376 e. The van der Waals surface area contributed by atoms with Crippen molar-refractivity contribution in [3.8, 4) is 0 Å². The third-order valence-corrected chi connectivity index (χ3v) is 4.02. The van der Waals surface area contributed by atoms with Crippen molar-refractivity contribution in [1.29, 1.82) is 0 Å². The van der Waals surface area contributed by atoms with Crippen molar-refractivity contribution in [2.75, 3.05) is 0 Å². The first-order valence-electron chi connectivity index (χ1n) is 8.47. The molecule has 0 aromatic heterocycles. The van der Waals surface area contributed by atoms with Crippen LogP contribution < -0.4 is 0 Å². The quantitative estimate of drug-likeness (QED) is 0.608. The van der Waals surface area contributed by atoms with Crippen LogP contribution in [0.1, 0.15) is 38.8 Å². The molecule has 1 N–H and O–H groups in total. The predicted molar refractivity (Wildman–Crippen MR) is 106 cm³/mol. The van der Waals surface area contributed by atoms with Crippen molar-refractivity contribution in [2.45, 2.75) is 40.2 Å². The molecule has 0 saturated heterocycles. The van der Waals surface area contributed by atoms with Crippen molar-refractivity contribution in [3.63, 3.8) is 0 Å². The molecule has 0 bridgehead atoms. The molecule has 1 unspecified atom stereocenters. The van der Waals surface area contributed by atoms with E-state index in [0.29, 0.717) is 5.92 Å². The molecular formula is C23H30O. The van der Waals surface area contributed by atoms with Crippen LogP contribution in [0.3, 0.4) is 0 Å². The summed E-state index contributed by atoms with van der Waals surface area (Å²) in [4.78, 5) is 0. The van der Waals surface area contributed by atoms with Crippen LogP contribution in [0.4, 0.5) is 0 Å². The van der Waals surface area contributed by atoms with E-state index < -0.39 is 5.60 Å². The number of hydrogen-bond donors (Lipinski definition) is 1. The molecule has 0 aliphatic rings. The molecule has 1 aromatic carbocycles. The summed E-state index contributed by atoms with van der Waals surface area (Å²) in [7, 11) is 0. The topological polar surface area (TPSA) is 20.2 Å². The van der Waals surface area contributed by atoms with E-state index in [0.717, 1.165) is 16.7 Å². The minimum Gasteiger partial charge on any atom is -0.376 e. The van der Waals surface area contributed by atoms with E-state index >= 15 is 0 Å². The molecule has 24 heavy (non-hydrogen) atoms. The van der Waals surface area contributed by atoms with Gasteiger partial charge < -0.3 is 5.11 Å². The summed E-state index contributed by atoms with van der Waals surface area (Å²) in [5.41, 5.74) is 2.63. The molecule has 1 nitrogen and oxygen atoms in total. The fourth-order valence-corrected chi connectivity index (χ4v) is 2.54. The Morgan fingerprint density at radius 3 is 2.29 bits per heavy atom. The normalized spacial score (nSPS) is 16.1. The molecule has 1 atom stereocenters. The lowest BCUT2D eigenvalue weighted by Gasteiger charge is -2.32. The molecule has 1 heteroatoms. The lowest BCUT2D eigenvalue weighted by atomic mass is 9.79. The Labute approximate surface area is 147 Å². The monoisotopic (exact) mass is 322 g/mol. The molecule has 1 aromatic rings. The zero-order chi connectivity index (χ0) is 18.2. The van der Waals surface area contributed by atoms with Gasteiger partial charge in [0.15, 0.2) is 0 Å². The lowest BCUT2D eigenvalue weighted by molar-refractivity contribution is 0.120. The first-order valence-corrected chi connectivity index (χ1v) is 8.47. The van der Waals surface area contributed by atoms with Gasteiger partial charge in [-0.15, -0.1) is 0 Å². The van der Waals surface area contributed by atoms with Crippen molar-refractivity contribution in [1.82, 2.24) is 0 Å². The van der Waals surface area contributed by atoms with Crippen molar-refractivity contribution in [3.05, 3.63) is 95.6 Å².